The summed E-state index contributed by atoms with van der Waals surface area (Å²) >= 11 is 0.745. The van der Waals surface area contributed by atoms with Crippen molar-refractivity contribution in [2.24, 2.45) is 0 Å². The second-order valence-electron chi connectivity index (χ2n) is 9.17. The van der Waals surface area contributed by atoms with Crippen molar-refractivity contribution in [2.75, 3.05) is 5.32 Å². The van der Waals surface area contributed by atoms with Crippen LogP contribution in [0.4, 0.5) is 14.6 Å². The molecule has 2 bridgehead atoms. The van der Waals surface area contributed by atoms with Crippen molar-refractivity contribution in [1.82, 2.24) is 14.9 Å². The van der Waals surface area contributed by atoms with E-state index in [9.17, 15) is 23.5 Å². The van der Waals surface area contributed by atoms with Crippen molar-refractivity contribution < 1.29 is 23.5 Å². The molecule has 5 rings (SSSR count). The van der Waals surface area contributed by atoms with E-state index in [0.717, 1.165) is 56.3 Å². The summed E-state index contributed by atoms with van der Waals surface area (Å²) in [7, 11) is 0. The Morgan fingerprint density at radius 2 is 1.91 bits per heavy atom. The minimum absolute atomic E-state index is 0.0595. The molecule has 170 valence electrons. The van der Waals surface area contributed by atoms with Crippen LogP contribution < -0.4 is 5.32 Å². The standard InChI is InChI=1S/C22H24F2N4O3S/c1-22(7-2-8-22)27-15-9-13(18(23)24)14(10-25-15)17-16(26-19(32-17)21(30)31)20(29)28-11-3-4-12(28)6-5-11/h9-12,18H,2-8H2,1H3,(H,25,27)(H,30,31). The molecule has 0 aromatic carbocycles. The summed E-state index contributed by atoms with van der Waals surface area (Å²) in [6, 6.07) is 1.52. The van der Waals surface area contributed by atoms with E-state index in [4.69, 9.17) is 0 Å². The predicted octanol–water partition coefficient (Wildman–Crippen LogP) is 4.96. The van der Waals surface area contributed by atoms with Gasteiger partial charge in [0.15, 0.2) is 0 Å². The lowest BCUT2D eigenvalue weighted by Crippen LogP contribution is -2.41. The van der Waals surface area contributed by atoms with E-state index < -0.39 is 12.4 Å². The van der Waals surface area contributed by atoms with Gasteiger partial charge in [-0.3, -0.25) is 4.79 Å². The number of halogens is 2. The van der Waals surface area contributed by atoms with Gasteiger partial charge in [0.05, 0.1) is 4.88 Å². The van der Waals surface area contributed by atoms with Gasteiger partial charge in [0.2, 0.25) is 5.01 Å². The first kappa shape index (κ1) is 21.2. The molecular formula is C22H24F2N4O3S. The van der Waals surface area contributed by atoms with Gasteiger partial charge in [-0.05, 0) is 57.9 Å². The average molecular weight is 463 g/mol. The number of hydrogen-bond donors (Lipinski definition) is 2. The number of carbonyl (C=O) groups is 2. The lowest BCUT2D eigenvalue weighted by atomic mass is 9.78. The molecule has 7 nitrogen and oxygen atoms in total. The smallest absolute Gasteiger partial charge is 0.365 e. The lowest BCUT2D eigenvalue weighted by molar-refractivity contribution is 0.0696. The summed E-state index contributed by atoms with van der Waals surface area (Å²) in [4.78, 5) is 35.3. The predicted molar refractivity (Wildman–Crippen MR) is 115 cm³/mol. The fourth-order valence-corrected chi connectivity index (χ4v) is 6.08. The molecule has 0 unspecified atom stereocenters. The van der Waals surface area contributed by atoms with Gasteiger partial charge >= 0.3 is 5.97 Å². The van der Waals surface area contributed by atoms with Gasteiger partial charge in [-0.25, -0.2) is 23.5 Å². The molecule has 2 N–H and O–H groups in total. The van der Waals surface area contributed by atoms with E-state index in [1.165, 1.54) is 12.3 Å². The zero-order valence-corrected chi connectivity index (χ0v) is 18.4. The highest BCUT2D eigenvalue weighted by atomic mass is 32.1. The fourth-order valence-electron chi connectivity index (χ4n) is 5.16. The summed E-state index contributed by atoms with van der Waals surface area (Å²) in [5, 5.41) is 12.4. The van der Waals surface area contributed by atoms with Crippen LogP contribution in [0.2, 0.25) is 0 Å². The number of nitrogens with one attached hydrogen (secondary N) is 1. The maximum atomic E-state index is 14.1. The van der Waals surface area contributed by atoms with Crippen molar-refractivity contribution in [3.63, 3.8) is 0 Å². The average Bonchev–Trinajstić information content (AvgIpc) is 3.46. The molecule has 2 saturated heterocycles. The topological polar surface area (TPSA) is 95.4 Å². The Kier molecular flexibility index (Phi) is 5.15. The number of rotatable bonds is 6. The number of aromatic carboxylic acids is 1. The van der Waals surface area contributed by atoms with Crippen LogP contribution >= 0.6 is 11.3 Å². The lowest BCUT2D eigenvalue weighted by Gasteiger charge is -2.39. The van der Waals surface area contributed by atoms with Gasteiger partial charge in [0.25, 0.3) is 12.3 Å². The van der Waals surface area contributed by atoms with Gasteiger partial charge in [0.1, 0.15) is 11.5 Å². The van der Waals surface area contributed by atoms with Gasteiger partial charge in [-0.1, -0.05) is 0 Å². The number of thiazole rings is 1. The Morgan fingerprint density at radius 1 is 1.25 bits per heavy atom. The van der Waals surface area contributed by atoms with E-state index >= 15 is 0 Å². The van der Waals surface area contributed by atoms with Gasteiger partial charge in [-0.15, -0.1) is 11.3 Å². The summed E-state index contributed by atoms with van der Waals surface area (Å²) in [5.74, 6) is -1.32. The Labute approximate surface area is 187 Å². The van der Waals surface area contributed by atoms with Gasteiger partial charge in [-0.2, -0.15) is 0 Å². The van der Waals surface area contributed by atoms with E-state index in [-0.39, 0.29) is 50.2 Å². The molecule has 0 atom stereocenters. The number of aromatic nitrogens is 2. The zero-order valence-electron chi connectivity index (χ0n) is 17.6. The highest BCUT2D eigenvalue weighted by Crippen LogP contribution is 2.43. The summed E-state index contributed by atoms with van der Waals surface area (Å²) in [6.07, 6.45) is 5.07. The molecule has 2 aromatic rings. The number of fused-ring (bicyclic) bond motifs is 2. The number of pyridine rings is 1. The molecular weight excluding hydrogens is 438 g/mol. The third-order valence-electron chi connectivity index (χ3n) is 7.00. The van der Waals surface area contributed by atoms with Crippen LogP contribution in [0.5, 0.6) is 0 Å². The van der Waals surface area contributed by atoms with Crippen molar-refractivity contribution in [3.05, 3.63) is 28.5 Å². The van der Waals surface area contributed by atoms with Crippen LogP contribution in [0.3, 0.4) is 0 Å². The van der Waals surface area contributed by atoms with E-state index in [0.29, 0.717) is 5.82 Å². The largest absolute Gasteiger partial charge is 0.476 e. The number of carbonyl (C=O) groups excluding carboxylic acids is 1. The molecule has 2 aromatic heterocycles. The molecule has 0 spiro atoms. The van der Waals surface area contributed by atoms with Crippen molar-refractivity contribution in [1.29, 1.82) is 0 Å². The van der Waals surface area contributed by atoms with Crippen LogP contribution in [0.1, 0.15) is 84.1 Å². The molecule has 32 heavy (non-hydrogen) atoms. The van der Waals surface area contributed by atoms with Crippen molar-refractivity contribution in [3.8, 4) is 10.4 Å². The number of hydrogen-bond acceptors (Lipinski definition) is 6. The number of carboxylic acids is 1. The Balaban J connectivity index is 1.56. The highest BCUT2D eigenvalue weighted by molar-refractivity contribution is 7.17. The third kappa shape index (κ3) is 3.54. The SMILES string of the molecule is CC1(Nc2cc(C(F)F)c(-c3sc(C(=O)O)nc3C(=O)N3C4CCC3CC4)cn2)CCC1. The van der Waals surface area contributed by atoms with Gasteiger partial charge in [0, 0.05) is 34.9 Å². The second kappa shape index (κ2) is 7.75. The molecule has 10 heteroatoms. The van der Waals surface area contributed by atoms with Crippen molar-refractivity contribution >= 4 is 29.0 Å². The molecule has 3 aliphatic rings. The monoisotopic (exact) mass is 462 g/mol. The first-order valence-corrected chi connectivity index (χ1v) is 11.7. The quantitative estimate of drug-likeness (QED) is 0.630. The first-order chi connectivity index (χ1) is 15.3. The maximum Gasteiger partial charge on any atom is 0.365 e. The molecule has 0 radical (unpaired) electrons. The van der Waals surface area contributed by atoms with Gasteiger partial charge < -0.3 is 15.3 Å². The Bertz CT molecular complexity index is 1070. The maximum absolute atomic E-state index is 14.1. The fraction of sp³-hybridized carbons (Fsp3) is 0.545. The third-order valence-corrected chi connectivity index (χ3v) is 8.08. The molecule has 4 heterocycles. The van der Waals surface area contributed by atoms with E-state index in [2.05, 4.69) is 15.3 Å². The minimum atomic E-state index is -2.82. The number of nitrogens with zero attached hydrogens (tertiary/aromatic N) is 3. The molecule has 1 saturated carbocycles. The Hall–Kier alpha value is -2.62. The van der Waals surface area contributed by atoms with Crippen LogP contribution in [0.15, 0.2) is 12.3 Å². The molecule has 3 fully saturated rings. The summed E-state index contributed by atoms with van der Waals surface area (Å²) < 4.78 is 28.1. The molecule has 1 aliphatic carbocycles. The number of anilines is 1. The van der Waals surface area contributed by atoms with Crippen LogP contribution in [-0.4, -0.2) is 49.5 Å². The summed E-state index contributed by atoms with van der Waals surface area (Å²) in [6.45, 7) is 2.03. The Morgan fingerprint density at radius 3 is 2.44 bits per heavy atom. The second-order valence-corrected chi connectivity index (χ2v) is 10.2. The van der Waals surface area contributed by atoms with Crippen LogP contribution in [-0.2, 0) is 0 Å². The number of amides is 1. The molecule has 2 aliphatic heterocycles. The summed E-state index contributed by atoms with van der Waals surface area (Å²) in [5.41, 5.74) is -0.458. The molecule has 1 amide bonds. The highest BCUT2D eigenvalue weighted by Gasteiger charge is 2.44. The van der Waals surface area contributed by atoms with Crippen molar-refractivity contribution in [2.45, 2.75) is 75.9 Å². The van der Waals surface area contributed by atoms with Crippen LogP contribution in [0.25, 0.3) is 10.4 Å². The van der Waals surface area contributed by atoms with E-state index in [1.807, 2.05) is 6.92 Å². The minimum Gasteiger partial charge on any atom is -0.476 e. The van der Waals surface area contributed by atoms with Crippen LogP contribution in [0, 0.1) is 0 Å². The zero-order chi connectivity index (χ0) is 22.6. The van der Waals surface area contributed by atoms with E-state index in [1.54, 1.807) is 4.90 Å². The normalized spacial score (nSPS) is 23.4. The number of carboxylic acid groups (broad SMARTS) is 1. The first-order valence-electron chi connectivity index (χ1n) is 10.9. The number of alkyl halides is 2.